The van der Waals surface area contributed by atoms with Crippen molar-refractivity contribution in [2.75, 3.05) is 6.54 Å². The number of carboxylic acids is 1. The van der Waals surface area contributed by atoms with Gasteiger partial charge in [-0.1, -0.05) is 25.1 Å². The van der Waals surface area contributed by atoms with E-state index in [2.05, 4.69) is 11.9 Å². The topological polar surface area (TPSA) is 49.3 Å². The van der Waals surface area contributed by atoms with Gasteiger partial charge in [-0.25, -0.2) is 0 Å². The Labute approximate surface area is 77.4 Å². The Morgan fingerprint density at radius 3 is 2.50 bits per heavy atom. The van der Waals surface area contributed by atoms with E-state index in [-0.39, 0.29) is 0 Å². The number of carboxylic acid groups (broad SMARTS) is 1. The van der Waals surface area contributed by atoms with Crippen molar-refractivity contribution < 1.29 is 9.90 Å². The molecule has 1 unspecified atom stereocenters. The second kappa shape index (κ2) is 4.48. The first-order chi connectivity index (χ1) is 5.42. The lowest BCUT2D eigenvalue weighted by molar-refractivity contribution is -0.144. The number of aliphatic carboxylic acids is 1. The Morgan fingerprint density at radius 1 is 1.75 bits per heavy atom. The van der Waals surface area contributed by atoms with Crippen molar-refractivity contribution in [3.8, 4) is 0 Å². The monoisotopic (exact) mass is 191 g/mol. The van der Waals surface area contributed by atoms with Gasteiger partial charge in [-0.3, -0.25) is 10.1 Å². The second-order valence-corrected chi connectivity index (χ2v) is 3.40. The van der Waals surface area contributed by atoms with Gasteiger partial charge in [0.15, 0.2) is 0 Å². The average molecular weight is 192 g/mol. The normalized spacial score (nSPS) is 15.2. The quantitative estimate of drug-likeness (QED) is 0.694. The Kier molecular flexibility index (Phi) is 4.28. The van der Waals surface area contributed by atoms with Gasteiger partial charge in [0.05, 0.1) is 0 Å². The summed E-state index contributed by atoms with van der Waals surface area (Å²) in [4.78, 5) is 10.7. The standard InChI is InChI=1S/C8H14ClNO2/c1-4-8(3,7(11)12)10-5-6(2)9/h10H,2,4-5H2,1,3H3,(H,11,12). The van der Waals surface area contributed by atoms with Crippen LogP contribution >= 0.6 is 11.6 Å². The summed E-state index contributed by atoms with van der Waals surface area (Å²) in [5.41, 5.74) is -0.905. The van der Waals surface area contributed by atoms with E-state index in [9.17, 15) is 4.79 Å². The average Bonchev–Trinajstić information content (AvgIpc) is 1.99. The van der Waals surface area contributed by atoms with Crippen LogP contribution < -0.4 is 5.32 Å². The van der Waals surface area contributed by atoms with E-state index in [1.807, 2.05) is 0 Å². The molecule has 0 bridgehead atoms. The molecule has 70 valence electrons. The Morgan fingerprint density at radius 2 is 2.25 bits per heavy atom. The molecule has 0 fully saturated rings. The fourth-order valence-corrected chi connectivity index (χ4v) is 0.710. The first-order valence-corrected chi connectivity index (χ1v) is 4.12. The van der Waals surface area contributed by atoms with E-state index in [0.717, 1.165) is 0 Å². The molecule has 12 heavy (non-hydrogen) atoms. The summed E-state index contributed by atoms with van der Waals surface area (Å²) in [7, 11) is 0. The van der Waals surface area contributed by atoms with Crippen molar-refractivity contribution in [2.45, 2.75) is 25.8 Å². The van der Waals surface area contributed by atoms with Crippen molar-refractivity contribution in [3.05, 3.63) is 11.6 Å². The van der Waals surface area contributed by atoms with Crippen molar-refractivity contribution in [1.29, 1.82) is 0 Å². The van der Waals surface area contributed by atoms with E-state index in [1.54, 1.807) is 13.8 Å². The van der Waals surface area contributed by atoms with Crippen LogP contribution in [0.15, 0.2) is 11.6 Å². The van der Waals surface area contributed by atoms with E-state index < -0.39 is 11.5 Å². The lowest BCUT2D eigenvalue weighted by Gasteiger charge is -2.24. The molecule has 0 rings (SSSR count). The molecule has 0 spiro atoms. The minimum absolute atomic E-state index is 0.318. The molecule has 0 saturated heterocycles. The SMILES string of the molecule is C=C(Cl)CNC(C)(CC)C(=O)O. The molecular weight excluding hydrogens is 178 g/mol. The minimum atomic E-state index is -0.905. The summed E-state index contributed by atoms with van der Waals surface area (Å²) < 4.78 is 0. The van der Waals surface area contributed by atoms with Crippen LogP contribution in [0.25, 0.3) is 0 Å². The molecule has 0 aromatic heterocycles. The van der Waals surface area contributed by atoms with Crippen molar-refractivity contribution in [1.82, 2.24) is 5.32 Å². The highest BCUT2D eigenvalue weighted by Gasteiger charge is 2.29. The second-order valence-electron chi connectivity index (χ2n) is 2.86. The Balaban J connectivity index is 4.15. The zero-order valence-corrected chi connectivity index (χ0v) is 8.11. The molecule has 0 aromatic rings. The first kappa shape index (κ1) is 11.5. The molecule has 4 heteroatoms. The summed E-state index contributed by atoms with van der Waals surface area (Å²) in [6.07, 6.45) is 0.506. The lowest BCUT2D eigenvalue weighted by Crippen LogP contribution is -2.49. The van der Waals surface area contributed by atoms with Crippen LogP contribution in [-0.2, 0) is 4.79 Å². The molecule has 0 radical (unpaired) electrons. The molecular formula is C8H14ClNO2. The maximum atomic E-state index is 10.7. The van der Waals surface area contributed by atoms with Gasteiger partial charge in [0.1, 0.15) is 5.54 Å². The first-order valence-electron chi connectivity index (χ1n) is 3.74. The highest BCUT2D eigenvalue weighted by atomic mass is 35.5. The third kappa shape index (κ3) is 3.24. The van der Waals surface area contributed by atoms with Crippen LogP contribution in [0.5, 0.6) is 0 Å². The zero-order chi connectivity index (χ0) is 9.78. The van der Waals surface area contributed by atoms with Gasteiger partial charge >= 0.3 is 5.97 Å². The number of hydrogen-bond donors (Lipinski definition) is 2. The van der Waals surface area contributed by atoms with E-state index in [4.69, 9.17) is 16.7 Å². The highest BCUT2D eigenvalue weighted by Crippen LogP contribution is 2.10. The van der Waals surface area contributed by atoms with Gasteiger partial charge in [-0.15, -0.1) is 0 Å². The molecule has 0 saturated carbocycles. The molecule has 1 atom stereocenters. The molecule has 0 amide bonds. The predicted molar refractivity (Wildman–Crippen MR) is 49.3 cm³/mol. The maximum Gasteiger partial charge on any atom is 0.323 e. The van der Waals surface area contributed by atoms with Crippen LogP contribution in [0.4, 0.5) is 0 Å². The molecule has 0 aliphatic carbocycles. The van der Waals surface area contributed by atoms with Gasteiger partial charge in [-0.2, -0.15) is 0 Å². The Hall–Kier alpha value is -0.540. The van der Waals surface area contributed by atoms with Gasteiger partial charge in [0, 0.05) is 11.6 Å². The summed E-state index contributed by atoms with van der Waals surface area (Å²) in [6, 6.07) is 0. The van der Waals surface area contributed by atoms with Crippen LogP contribution in [0, 0.1) is 0 Å². The highest BCUT2D eigenvalue weighted by molar-refractivity contribution is 6.29. The fourth-order valence-electron chi connectivity index (χ4n) is 0.643. The number of carbonyl (C=O) groups is 1. The summed E-state index contributed by atoms with van der Waals surface area (Å²) >= 11 is 5.50. The smallest absolute Gasteiger partial charge is 0.323 e. The van der Waals surface area contributed by atoms with E-state index in [1.165, 1.54) is 0 Å². The van der Waals surface area contributed by atoms with Gasteiger partial charge in [-0.05, 0) is 13.3 Å². The third-order valence-electron chi connectivity index (χ3n) is 1.85. The van der Waals surface area contributed by atoms with Gasteiger partial charge in [0.2, 0.25) is 0 Å². The largest absolute Gasteiger partial charge is 0.480 e. The molecule has 3 nitrogen and oxygen atoms in total. The molecule has 0 aromatic carbocycles. The van der Waals surface area contributed by atoms with Crippen molar-refractivity contribution in [3.63, 3.8) is 0 Å². The summed E-state index contributed by atoms with van der Waals surface area (Å²) in [6.45, 7) is 7.20. The van der Waals surface area contributed by atoms with Crippen molar-refractivity contribution in [2.24, 2.45) is 0 Å². The van der Waals surface area contributed by atoms with Crippen LogP contribution in [0.3, 0.4) is 0 Å². The third-order valence-corrected chi connectivity index (χ3v) is 1.98. The molecule has 0 aliphatic rings. The molecule has 0 aliphatic heterocycles. The van der Waals surface area contributed by atoms with Gasteiger partial charge < -0.3 is 5.11 Å². The number of halogens is 1. The maximum absolute atomic E-state index is 10.7. The minimum Gasteiger partial charge on any atom is -0.480 e. The van der Waals surface area contributed by atoms with E-state index >= 15 is 0 Å². The van der Waals surface area contributed by atoms with Crippen LogP contribution in [0.1, 0.15) is 20.3 Å². The van der Waals surface area contributed by atoms with E-state index in [0.29, 0.717) is 18.0 Å². The van der Waals surface area contributed by atoms with Gasteiger partial charge in [0.25, 0.3) is 0 Å². The zero-order valence-electron chi connectivity index (χ0n) is 7.35. The summed E-state index contributed by atoms with van der Waals surface area (Å²) in [5, 5.41) is 12.0. The summed E-state index contributed by atoms with van der Waals surface area (Å²) in [5.74, 6) is -0.872. The van der Waals surface area contributed by atoms with Crippen LogP contribution in [0.2, 0.25) is 0 Å². The number of nitrogens with one attached hydrogen (secondary N) is 1. The Bertz CT molecular complexity index is 193. The predicted octanol–water partition coefficient (Wildman–Crippen LogP) is 1.58. The number of rotatable bonds is 5. The van der Waals surface area contributed by atoms with Crippen molar-refractivity contribution >= 4 is 17.6 Å². The van der Waals surface area contributed by atoms with Crippen LogP contribution in [-0.4, -0.2) is 23.2 Å². The molecule has 0 heterocycles. The number of hydrogen-bond acceptors (Lipinski definition) is 2. The fraction of sp³-hybridized carbons (Fsp3) is 0.625. The lowest BCUT2D eigenvalue weighted by atomic mass is 9.99. The molecule has 2 N–H and O–H groups in total.